The number of halogens is 2. The number of pyridine rings is 1. The van der Waals surface area contributed by atoms with Crippen molar-refractivity contribution in [3.8, 4) is 0 Å². The number of aryl methyl sites for hydroxylation is 1. The maximum absolute atomic E-state index is 11.8. The van der Waals surface area contributed by atoms with E-state index in [0.717, 1.165) is 5.56 Å². The lowest BCUT2D eigenvalue weighted by Gasteiger charge is -2.07. The molecular formula is C8H11F2N3. The van der Waals surface area contributed by atoms with Gasteiger partial charge in [0, 0.05) is 0 Å². The molecule has 3 nitrogen and oxygen atoms in total. The second-order valence-electron chi connectivity index (χ2n) is 2.71. The molecule has 0 aliphatic rings. The smallest absolute Gasteiger partial charge is 0.255 e. The minimum absolute atomic E-state index is 0.391. The average Bonchev–Trinajstić information content (AvgIpc) is 2.02. The highest BCUT2D eigenvalue weighted by atomic mass is 19.3. The van der Waals surface area contributed by atoms with Crippen molar-refractivity contribution < 1.29 is 8.78 Å². The molecule has 0 saturated heterocycles. The summed E-state index contributed by atoms with van der Waals surface area (Å²) in [5.41, 5.74) is 6.74. The fourth-order valence-corrected chi connectivity index (χ4v) is 0.955. The van der Waals surface area contributed by atoms with E-state index in [4.69, 9.17) is 5.73 Å². The van der Waals surface area contributed by atoms with Crippen molar-refractivity contribution in [3.63, 3.8) is 0 Å². The van der Waals surface area contributed by atoms with Crippen molar-refractivity contribution in [2.45, 2.75) is 13.3 Å². The van der Waals surface area contributed by atoms with Crippen LogP contribution in [0.25, 0.3) is 0 Å². The number of hydrogen-bond acceptors (Lipinski definition) is 3. The highest BCUT2D eigenvalue weighted by Gasteiger charge is 2.04. The van der Waals surface area contributed by atoms with Crippen LogP contribution in [-0.2, 0) is 0 Å². The van der Waals surface area contributed by atoms with Crippen molar-refractivity contribution in [2.75, 3.05) is 17.6 Å². The van der Waals surface area contributed by atoms with Gasteiger partial charge in [-0.3, -0.25) is 0 Å². The molecule has 1 aromatic rings. The van der Waals surface area contributed by atoms with Crippen LogP contribution in [0.5, 0.6) is 0 Å². The van der Waals surface area contributed by atoms with Gasteiger partial charge in [-0.25, -0.2) is 13.8 Å². The molecule has 0 radical (unpaired) electrons. The first-order valence-electron chi connectivity index (χ1n) is 3.83. The van der Waals surface area contributed by atoms with E-state index in [1.807, 2.05) is 0 Å². The zero-order valence-electron chi connectivity index (χ0n) is 7.22. The summed E-state index contributed by atoms with van der Waals surface area (Å²) in [7, 11) is 0. The highest BCUT2D eigenvalue weighted by molar-refractivity contribution is 5.50. The van der Waals surface area contributed by atoms with Crippen LogP contribution >= 0.6 is 0 Å². The quantitative estimate of drug-likeness (QED) is 0.756. The van der Waals surface area contributed by atoms with Gasteiger partial charge in [0.1, 0.15) is 5.82 Å². The summed E-state index contributed by atoms with van der Waals surface area (Å²) < 4.78 is 23.6. The molecule has 3 N–H and O–H groups in total. The molecule has 72 valence electrons. The molecule has 0 fully saturated rings. The van der Waals surface area contributed by atoms with E-state index in [9.17, 15) is 8.78 Å². The Bertz CT molecular complexity index is 289. The van der Waals surface area contributed by atoms with Crippen LogP contribution in [0.4, 0.5) is 20.3 Å². The van der Waals surface area contributed by atoms with Gasteiger partial charge >= 0.3 is 0 Å². The van der Waals surface area contributed by atoms with Crippen LogP contribution in [0.15, 0.2) is 12.3 Å². The molecule has 0 amide bonds. The van der Waals surface area contributed by atoms with Crippen LogP contribution in [0.1, 0.15) is 5.56 Å². The number of hydrogen-bond donors (Lipinski definition) is 2. The Labute approximate surface area is 75.0 Å². The van der Waals surface area contributed by atoms with E-state index >= 15 is 0 Å². The van der Waals surface area contributed by atoms with E-state index < -0.39 is 13.0 Å². The zero-order chi connectivity index (χ0) is 9.84. The Morgan fingerprint density at radius 2 is 2.31 bits per heavy atom. The molecule has 0 bridgehead atoms. The standard InChI is InChI=1S/C8H11F2N3/c1-5-2-6(11)3-12-8(5)13-4-7(9)10/h2-3,7H,4,11H2,1H3,(H,12,13). The lowest BCUT2D eigenvalue weighted by atomic mass is 10.2. The van der Waals surface area contributed by atoms with Crippen LogP contribution in [0.3, 0.4) is 0 Å². The van der Waals surface area contributed by atoms with Gasteiger partial charge in [-0.1, -0.05) is 0 Å². The van der Waals surface area contributed by atoms with E-state index in [1.165, 1.54) is 6.20 Å². The minimum atomic E-state index is -2.38. The lowest BCUT2D eigenvalue weighted by molar-refractivity contribution is 0.163. The summed E-state index contributed by atoms with van der Waals surface area (Å²) in [6.07, 6.45) is -0.945. The van der Waals surface area contributed by atoms with Gasteiger partial charge in [0.2, 0.25) is 0 Å². The largest absolute Gasteiger partial charge is 0.397 e. The number of nitrogens with two attached hydrogens (primary N) is 1. The van der Waals surface area contributed by atoms with Crippen molar-refractivity contribution in [2.24, 2.45) is 0 Å². The van der Waals surface area contributed by atoms with Crippen LogP contribution in [0, 0.1) is 6.92 Å². The van der Waals surface area contributed by atoms with Gasteiger partial charge in [0.05, 0.1) is 18.4 Å². The fraction of sp³-hybridized carbons (Fsp3) is 0.375. The van der Waals surface area contributed by atoms with Crippen LogP contribution in [-0.4, -0.2) is 18.0 Å². The van der Waals surface area contributed by atoms with Gasteiger partial charge in [0.15, 0.2) is 0 Å². The van der Waals surface area contributed by atoms with Gasteiger partial charge in [-0.15, -0.1) is 0 Å². The Kier molecular flexibility index (Phi) is 3.00. The Morgan fingerprint density at radius 1 is 1.62 bits per heavy atom. The summed E-state index contributed by atoms with van der Waals surface area (Å²) in [5, 5.41) is 2.52. The van der Waals surface area contributed by atoms with Gasteiger partial charge in [-0.2, -0.15) is 0 Å². The summed E-state index contributed by atoms with van der Waals surface area (Å²) in [6, 6.07) is 1.68. The number of alkyl halides is 2. The first-order chi connectivity index (χ1) is 6.09. The maximum atomic E-state index is 11.8. The predicted molar refractivity (Wildman–Crippen MR) is 47.9 cm³/mol. The molecular weight excluding hydrogens is 176 g/mol. The van der Waals surface area contributed by atoms with Crippen molar-refractivity contribution in [1.82, 2.24) is 4.98 Å². The maximum Gasteiger partial charge on any atom is 0.255 e. The van der Waals surface area contributed by atoms with Gasteiger partial charge < -0.3 is 11.1 Å². The van der Waals surface area contributed by atoms with Crippen molar-refractivity contribution in [1.29, 1.82) is 0 Å². The first kappa shape index (κ1) is 9.70. The third-order valence-electron chi connectivity index (χ3n) is 1.52. The second-order valence-corrected chi connectivity index (χ2v) is 2.71. The van der Waals surface area contributed by atoms with E-state index in [1.54, 1.807) is 13.0 Å². The fourth-order valence-electron chi connectivity index (χ4n) is 0.955. The van der Waals surface area contributed by atoms with E-state index in [0.29, 0.717) is 11.5 Å². The first-order valence-corrected chi connectivity index (χ1v) is 3.83. The summed E-state index contributed by atoms with van der Waals surface area (Å²) in [6.45, 7) is 1.37. The lowest BCUT2D eigenvalue weighted by Crippen LogP contribution is -2.12. The number of rotatable bonds is 3. The molecule has 0 aliphatic heterocycles. The van der Waals surface area contributed by atoms with Gasteiger partial charge in [-0.05, 0) is 18.6 Å². The Hall–Kier alpha value is -1.39. The molecule has 13 heavy (non-hydrogen) atoms. The average molecular weight is 187 g/mol. The summed E-state index contributed by atoms with van der Waals surface area (Å²) >= 11 is 0. The molecule has 0 unspecified atom stereocenters. The normalized spacial score (nSPS) is 10.5. The molecule has 0 atom stereocenters. The molecule has 5 heteroatoms. The number of nitrogen functional groups attached to an aromatic ring is 1. The highest BCUT2D eigenvalue weighted by Crippen LogP contribution is 2.13. The SMILES string of the molecule is Cc1cc(N)cnc1NCC(F)F. The van der Waals surface area contributed by atoms with E-state index in [2.05, 4.69) is 10.3 Å². The monoisotopic (exact) mass is 187 g/mol. The molecule has 1 heterocycles. The summed E-state index contributed by atoms with van der Waals surface area (Å²) in [4.78, 5) is 3.88. The number of anilines is 2. The third-order valence-corrected chi connectivity index (χ3v) is 1.52. The molecule has 0 aromatic carbocycles. The molecule has 0 spiro atoms. The minimum Gasteiger partial charge on any atom is -0.397 e. The van der Waals surface area contributed by atoms with Crippen LogP contribution in [0.2, 0.25) is 0 Å². The molecule has 1 aromatic heterocycles. The van der Waals surface area contributed by atoms with Gasteiger partial charge in [0.25, 0.3) is 6.43 Å². The molecule has 0 aliphatic carbocycles. The van der Waals surface area contributed by atoms with Crippen molar-refractivity contribution in [3.05, 3.63) is 17.8 Å². The number of nitrogens with zero attached hydrogens (tertiary/aromatic N) is 1. The molecule has 0 saturated carbocycles. The number of nitrogens with one attached hydrogen (secondary N) is 1. The van der Waals surface area contributed by atoms with E-state index in [-0.39, 0.29) is 0 Å². The van der Waals surface area contributed by atoms with Crippen LogP contribution < -0.4 is 11.1 Å². The van der Waals surface area contributed by atoms with Crippen molar-refractivity contribution >= 4 is 11.5 Å². The summed E-state index contributed by atoms with van der Waals surface area (Å²) in [5.74, 6) is 0.453. The predicted octanol–water partition coefficient (Wildman–Crippen LogP) is 1.65. The molecule has 1 rings (SSSR count). The second kappa shape index (κ2) is 4.02. The zero-order valence-corrected chi connectivity index (χ0v) is 7.22. The number of aromatic nitrogens is 1. The third kappa shape index (κ3) is 2.85. The topological polar surface area (TPSA) is 50.9 Å². The Balaban J connectivity index is 2.67. The Morgan fingerprint density at radius 3 is 2.85 bits per heavy atom.